The number of aromatic nitrogens is 6. The Bertz CT molecular complexity index is 1550. The van der Waals surface area contributed by atoms with Crippen LogP contribution in [0.5, 0.6) is 5.88 Å². The minimum absolute atomic E-state index is 0.00725. The summed E-state index contributed by atoms with van der Waals surface area (Å²) >= 11 is 0. The van der Waals surface area contributed by atoms with Crippen LogP contribution in [0.15, 0.2) is 53.2 Å². The quantitative estimate of drug-likeness (QED) is 0.342. The van der Waals surface area contributed by atoms with Crippen molar-refractivity contribution in [1.29, 1.82) is 0 Å². The summed E-state index contributed by atoms with van der Waals surface area (Å²) in [7, 11) is 1.58. The highest BCUT2D eigenvalue weighted by molar-refractivity contribution is 5.97. The highest BCUT2D eigenvalue weighted by atomic mass is 16.5. The van der Waals surface area contributed by atoms with Gasteiger partial charge < -0.3 is 18.9 Å². The molecule has 0 bridgehead atoms. The van der Waals surface area contributed by atoms with E-state index in [0.717, 1.165) is 23.9 Å². The zero-order chi connectivity index (χ0) is 24.6. The SMILES string of the molecule is COCc1cc(-c2nnc3c4ccccc4c(OCc4ccc(C(=O)N5CC(C)C5)cn4)nn23)no1. The molecule has 0 unspecified atom stereocenters. The first kappa shape index (κ1) is 22.1. The van der Waals surface area contributed by atoms with Crippen molar-refractivity contribution in [2.75, 3.05) is 20.2 Å². The number of benzene rings is 1. The molecule has 6 rings (SSSR count). The molecule has 0 N–H and O–H groups in total. The molecule has 4 aromatic heterocycles. The van der Waals surface area contributed by atoms with Crippen molar-refractivity contribution in [1.82, 2.24) is 34.9 Å². The Balaban J connectivity index is 1.28. The summed E-state index contributed by atoms with van der Waals surface area (Å²) in [6.45, 7) is 4.18. The van der Waals surface area contributed by atoms with Crippen molar-refractivity contribution in [2.45, 2.75) is 20.1 Å². The first-order valence-electron chi connectivity index (χ1n) is 11.6. The molecule has 0 atom stereocenters. The fourth-order valence-corrected chi connectivity index (χ4v) is 4.27. The zero-order valence-electron chi connectivity index (χ0n) is 19.8. The second-order valence-electron chi connectivity index (χ2n) is 8.86. The van der Waals surface area contributed by atoms with Crippen LogP contribution < -0.4 is 4.74 Å². The van der Waals surface area contributed by atoms with E-state index in [1.165, 1.54) is 0 Å². The number of hydrogen-bond acceptors (Lipinski definition) is 9. The van der Waals surface area contributed by atoms with Crippen molar-refractivity contribution < 1.29 is 18.8 Å². The van der Waals surface area contributed by atoms with Crippen LogP contribution in [0, 0.1) is 5.92 Å². The van der Waals surface area contributed by atoms with Gasteiger partial charge in [0.25, 0.3) is 5.91 Å². The molecule has 5 aromatic rings. The van der Waals surface area contributed by atoms with Crippen LogP contribution in [0.2, 0.25) is 0 Å². The lowest BCUT2D eigenvalue weighted by Gasteiger charge is -2.37. The second kappa shape index (κ2) is 9.00. The van der Waals surface area contributed by atoms with E-state index in [2.05, 4.69) is 32.4 Å². The van der Waals surface area contributed by atoms with Gasteiger partial charge >= 0.3 is 0 Å². The van der Waals surface area contributed by atoms with Gasteiger partial charge in [0.05, 0.1) is 11.3 Å². The second-order valence-corrected chi connectivity index (χ2v) is 8.86. The number of fused-ring (bicyclic) bond motifs is 3. The summed E-state index contributed by atoms with van der Waals surface area (Å²) in [6.07, 6.45) is 1.60. The third-order valence-electron chi connectivity index (χ3n) is 6.08. The molecule has 1 fully saturated rings. The maximum atomic E-state index is 12.5. The average molecular weight is 486 g/mol. The predicted molar refractivity (Wildman–Crippen MR) is 128 cm³/mol. The molecule has 1 saturated heterocycles. The predicted octanol–water partition coefficient (Wildman–Crippen LogP) is 3.14. The fraction of sp³-hybridized carbons (Fsp3) is 0.280. The number of carbonyl (C=O) groups excluding carboxylic acids is 1. The maximum Gasteiger partial charge on any atom is 0.255 e. The lowest BCUT2D eigenvalue weighted by atomic mass is 10.0. The lowest BCUT2D eigenvalue weighted by Crippen LogP contribution is -2.48. The molecule has 11 nitrogen and oxygen atoms in total. The molecule has 1 aliphatic heterocycles. The van der Waals surface area contributed by atoms with Gasteiger partial charge in [-0.25, -0.2) is 0 Å². The third-order valence-corrected chi connectivity index (χ3v) is 6.08. The topological polar surface area (TPSA) is 121 Å². The van der Waals surface area contributed by atoms with Crippen LogP contribution in [0.1, 0.15) is 28.7 Å². The van der Waals surface area contributed by atoms with E-state index in [4.69, 9.17) is 14.0 Å². The van der Waals surface area contributed by atoms with E-state index in [1.807, 2.05) is 29.2 Å². The minimum Gasteiger partial charge on any atom is -0.470 e. The smallest absolute Gasteiger partial charge is 0.255 e. The summed E-state index contributed by atoms with van der Waals surface area (Å²) in [5.74, 6) is 1.95. The van der Waals surface area contributed by atoms with Crippen molar-refractivity contribution >= 4 is 22.3 Å². The third kappa shape index (κ3) is 3.93. The van der Waals surface area contributed by atoms with Crippen LogP contribution in [0.25, 0.3) is 27.9 Å². The van der Waals surface area contributed by atoms with Gasteiger partial charge in [-0.1, -0.05) is 30.3 Å². The van der Waals surface area contributed by atoms with Crippen molar-refractivity contribution in [3.05, 3.63) is 65.7 Å². The molecule has 36 heavy (non-hydrogen) atoms. The molecule has 1 aromatic carbocycles. The van der Waals surface area contributed by atoms with E-state index in [1.54, 1.807) is 36.0 Å². The van der Waals surface area contributed by atoms with Crippen molar-refractivity contribution in [2.24, 2.45) is 5.92 Å². The molecule has 0 saturated carbocycles. The van der Waals surface area contributed by atoms with Gasteiger partial charge in [-0.3, -0.25) is 9.78 Å². The zero-order valence-corrected chi connectivity index (χ0v) is 19.8. The Morgan fingerprint density at radius 1 is 1.11 bits per heavy atom. The Morgan fingerprint density at radius 3 is 2.69 bits per heavy atom. The summed E-state index contributed by atoms with van der Waals surface area (Å²) in [6, 6.07) is 13.0. The van der Waals surface area contributed by atoms with Gasteiger partial charge in [0.15, 0.2) is 17.1 Å². The van der Waals surface area contributed by atoms with Crippen LogP contribution in [0.3, 0.4) is 0 Å². The molecule has 5 heterocycles. The molecular weight excluding hydrogens is 462 g/mol. The van der Waals surface area contributed by atoms with Gasteiger partial charge in [-0.15, -0.1) is 15.3 Å². The molecule has 11 heteroatoms. The van der Waals surface area contributed by atoms with E-state index in [0.29, 0.717) is 52.6 Å². The standard InChI is InChI=1S/C25H23N7O4/c1-15-11-31(12-15)25(33)16-7-8-17(26-10-16)13-35-24-20-6-4-3-5-19(20)22-27-28-23(32(22)29-24)21-9-18(14-34-2)36-30-21/h3-10,15H,11-14H2,1-2H3. The summed E-state index contributed by atoms with van der Waals surface area (Å²) < 4.78 is 18.1. The highest BCUT2D eigenvalue weighted by Gasteiger charge is 2.28. The maximum absolute atomic E-state index is 12.5. The lowest BCUT2D eigenvalue weighted by molar-refractivity contribution is 0.0530. The first-order valence-corrected chi connectivity index (χ1v) is 11.6. The van der Waals surface area contributed by atoms with Gasteiger partial charge in [-0.2, -0.15) is 4.52 Å². The molecule has 0 spiro atoms. The Kier molecular flexibility index (Phi) is 5.53. The fourth-order valence-electron chi connectivity index (χ4n) is 4.27. The van der Waals surface area contributed by atoms with Gasteiger partial charge in [-0.05, 0) is 24.1 Å². The number of rotatable bonds is 7. The van der Waals surface area contributed by atoms with Crippen molar-refractivity contribution in [3.63, 3.8) is 0 Å². The average Bonchev–Trinajstić information content (AvgIpc) is 3.52. The number of nitrogens with zero attached hydrogens (tertiary/aromatic N) is 7. The summed E-state index contributed by atoms with van der Waals surface area (Å²) in [4.78, 5) is 18.8. The molecule has 1 amide bonds. The van der Waals surface area contributed by atoms with Gasteiger partial charge in [0.1, 0.15) is 13.2 Å². The number of carbonyl (C=O) groups is 1. The number of likely N-dealkylation sites (tertiary alicyclic amines) is 1. The van der Waals surface area contributed by atoms with E-state index < -0.39 is 0 Å². The van der Waals surface area contributed by atoms with Gasteiger partial charge in [0.2, 0.25) is 11.7 Å². The Labute approximate surface area is 205 Å². The Morgan fingerprint density at radius 2 is 1.94 bits per heavy atom. The molecule has 182 valence electrons. The molecule has 1 aliphatic rings. The normalized spacial score (nSPS) is 13.9. The van der Waals surface area contributed by atoms with E-state index in [-0.39, 0.29) is 12.5 Å². The van der Waals surface area contributed by atoms with E-state index >= 15 is 0 Å². The van der Waals surface area contributed by atoms with Gasteiger partial charge in [0, 0.05) is 43.2 Å². The van der Waals surface area contributed by atoms with E-state index in [9.17, 15) is 4.79 Å². The highest BCUT2D eigenvalue weighted by Crippen LogP contribution is 2.29. The number of hydrogen-bond donors (Lipinski definition) is 0. The first-order chi connectivity index (χ1) is 17.6. The Hall–Kier alpha value is -4.38. The van der Waals surface area contributed by atoms with Crippen LogP contribution in [0.4, 0.5) is 0 Å². The monoisotopic (exact) mass is 485 g/mol. The molecular formula is C25H23N7O4. The van der Waals surface area contributed by atoms with Crippen LogP contribution >= 0.6 is 0 Å². The number of amides is 1. The summed E-state index contributed by atoms with van der Waals surface area (Å²) in [5.41, 5.74) is 2.32. The van der Waals surface area contributed by atoms with Crippen LogP contribution in [-0.4, -0.2) is 61.0 Å². The molecule has 0 radical (unpaired) electrons. The summed E-state index contributed by atoms with van der Waals surface area (Å²) in [5, 5.41) is 19.0. The van der Waals surface area contributed by atoms with Crippen molar-refractivity contribution in [3.8, 4) is 17.4 Å². The largest absolute Gasteiger partial charge is 0.470 e. The number of methoxy groups -OCH3 is 1. The molecule has 0 aliphatic carbocycles. The number of pyridine rings is 1. The van der Waals surface area contributed by atoms with Crippen LogP contribution in [-0.2, 0) is 18.0 Å². The number of ether oxygens (including phenoxy) is 2. The minimum atomic E-state index is 0.00725.